The number of phenols is 1. The molecule has 2 amide bonds. The van der Waals surface area contributed by atoms with Gasteiger partial charge in [0.15, 0.2) is 5.13 Å². The van der Waals surface area contributed by atoms with Crippen molar-refractivity contribution >= 4 is 39.7 Å². The summed E-state index contributed by atoms with van der Waals surface area (Å²) in [5.41, 5.74) is 3.06. The summed E-state index contributed by atoms with van der Waals surface area (Å²) >= 11 is 1.23. The second-order valence-corrected chi connectivity index (χ2v) is 8.17. The largest absolute Gasteiger partial charge is 0.508 e. The molecule has 0 unspecified atom stereocenters. The number of piperazine rings is 1. The zero-order chi connectivity index (χ0) is 21.4. The number of thiazole rings is 1. The van der Waals surface area contributed by atoms with Crippen molar-refractivity contribution in [3.8, 4) is 5.75 Å². The van der Waals surface area contributed by atoms with Crippen molar-refractivity contribution in [1.29, 1.82) is 0 Å². The van der Waals surface area contributed by atoms with Crippen LogP contribution in [-0.2, 0) is 6.54 Å². The first-order valence-electron chi connectivity index (χ1n) is 9.90. The Morgan fingerprint density at radius 3 is 2.90 bits per heavy atom. The number of aromatic hydroxyl groups is 1. The minimum atomic E-state index is -0.353. The van der Waals surface area contributed by atoms with Gasteiger partial charge in [0.2, 0.25) is 0 Å². The van der Waals surface area contributed by atoms with Gasteiger partial charge in [-0.05, 0) is 23.8 Å². The van der Waals surface area contributed by atoms with Crippen LogP contribution < -0.4 is 20.4 Å². The van der Waals surface area contributed by atoms with Gasteiger partial charge in [-0.3, -0.25) is 19.5 Å². The highest BCUT2D eigenvalue weighted by Crippen LogP contribution is 2.32. The highest BCUT2D eigenvalue weighted by atomic mass is 32.1. The van der Waals surface area contributed by atoms with Crippen LogP contribution >= 0.6 is 11.3 Å². The fourth-order valence-corrected chi connectivity index (χ4v) is 4.59. The molecule has 10 heteroatoms. The Morgan fingerprint density at radius 2 is 2.06 bits per heavy atom. The minimum Gasteiger partial charge on any atom is -0.508 e. The summed E-state index contributed by atoms with van der Waals surface area (Å²) in [6, 6.07) is 6.63. The Bertz CT molecular complexity index is 1160. The van der Waals surface area contributed by atoms with Crippen molar-refractivity contribution in [2.45, 2.75) is 6.54 Å². The normalized spacial score (nSPS) is 15.8. The zero-order valence-electron chi connectivity index (χ0n) is 16.5. The summed E-state index contributed by atoms with van der Waals surface area (Å²) in [5, 5.41) is 18.0. The number of carbonyl (C=O) groups is 2. The number of anilines is 3. The first-order chi connectivity index (χ1) is 15.1. The molecular weight excluding hydrogens is 416 g/mol. The Kier molecular flexibility index (Phi) is 5.00. The molecular formula is C21H20N6O3S. The van der Waals surface area contributed by atoms with Crippen LogP contribution in [0.15, 0.2) is 42.0 Å². The van der Waals surface area contributed by atoms with Crippen molar-refractivity contribution in [1.82, 2.24) is 15.3 Å². The van der Waals surface area contributed by atoms with Crippen LogP contribution in [0.5, 0.6) is 5.75 Å². The molecule has 31 heavy (non-hydrogen) atoms. The molecule has 1 fully saturated rings. The quantitative estimate of drug-likeness (QED) is 0.574. The van der Waals surface area contributed by atoms with Gasteiger partial charge >= 0.3 is 0 Å². The average molecular weight is 436 g/mol. The average Bonchev–Trinajstić information content (AvgIpc) is 3.40. The zero-order valence-corrected chi connectivity index (χ0v) is 17.4. The van der Waals surface area contributed by atoms with E-state index in [2.05, 4.69) is 25.5 Å². The van der Waals surface area contributed by atoms with Gasteiger partial charge in [-0.2, -0.15) is 0 Å². The van der Waals surface area contributed by atoms with E-state index in [0.29, 0.717) is 22.9 Å². The van der Waals surface area contributed by atoms with E-state index in [1.54, 1.807) is 29.9 Å². The predicted molar refractivity (Wildman–Crippen MR) is 118 cm³/mol. The SMILES string of the molecule is O=C(Nc1cnccc1N1CCNCC1)c1csc(N2Cc3ccc(O)cc3C2=O)n1. The lowest BCUT2D eigenvalue weighted by atomic mass is 10.1. The monoisotopic (exact) mass is 436 g/mol. The molecule has 4 heterocycles. The van der Waals surface area contributed by atoms with Crippen molar-refractivity contribution in [2.24, 2.45) is 0 Å². The summed E-state index contributed by atoms with van der Waals surface area (Å²) in [5.74, 6) is -0.543. The smallest absolute Gasteiger partial charge is 0.275 e. The van der Waals surface area contributed by atoms with Gasteiger partial charge < -0.3 is 20.6 Å². The van der Waals surface area contributed by atoms with E-state index in [4.69, 9.17) is 0 Å². The Hall–Kier alpha value is -3.50. The number of rotatable bonds is 4. The molecule has 5 rings (SSSR count). The summed E-state index contributed by atoms with van der Waals surface area (Å²) in [6.45, 7) is 3.82. The predicted octanol–water partition coefficient (Wildman–Crippen LogP) is 2.07. The van der Waals surface area contributed by atoms with Crippen molar-refractivity contribution in [2.75, 3.05) is 41.3 Å². The second kappa shape index (κ2) is 7.97. The molecule has 3 aromatic rings. The summed E-state index contributed by atoms with van der Waals surface area (Å²) in [6.07, 6.45) is 3.35. The lowest BCUT2D eigenvalue weighted by Crippen LogP contribution is -2.43. The number of hydrogen-bond donors (Lipinski definition) is 3. The number of phenolic OH excluding ortho intramolecular Hbond substituents is 1. The summed E-state index contributed by atoms with van der Waals surface area (Å²) < 4.78 is 0. The minimum absolute atomic E-state index is 0.0462. The number of carbonyl (C=O) groups excluding carboxylic acids is 2. The maximum absolute atomic E-state index is 12.9. The molecule has 0 atom stereocenters. The molecule has 0 saturated carbocycles. The van der Waals surface area contributed by atoms with E-state index in [-0.39, 0.29) is 23.3 Å². The third-order valence-corrected chi connectivity index (χ3v) is 6.22. The third kappa shape index (κ3) is 3.71. The lowest BCUT2D eigenvalue weighted by Gasteiger charge is -2.30. The Morgan fingerprint density at radius 1 is 1.23 bits per heavy atom. The number of amides is 2. The van der Waals surface area contributed by atoms with Gasteiger partial charge in [0.1, 0.15) is 11.4 Å². The highest BCUT2D eigenvalue weighted by Gasteiger charge is 2.31. The number of benzene rings is 1. The highest BCUT2D eigenvalue weighted by molar-refractivity contribution is 7.14. The van der Waals surface area contributed by atoms with Crippen LogP contribution in [0, 0.1) is 0 Å². The van der Waals surface area contributed by atoms with Crippen LogP contribution in [0.1, 0.15) is 26.4 Å². The number of nitrogens with zero attached hydrogens (tertiary/aromatic N) is 4. The van der Waals surface area contributed by atoms with E-state index in [1.165, 1.54) is 22.3 Å². The van der Waals surface area contributed by atoms with Gasteiger partial charge in [0.05, 0.1) is 24.1 Å². The molecule has 2 aliphatic heterocycles. The van der Waals surface area contributed by atoms with Crippen LogP contribution in [0.4, 0.5) is 16.5 Å². The number of fused-ring (bicyclic) bond motifs is 1. The van der Waals surface area contributed by atoms with Gasteiger partial charge in [0, 0.05) is 43.3 Å². The maximum atomic E-state index is 12.9. The van der Waals surface area contributed by atoms with E-state index < -0.39 is 0 Å². The summed E-state index contributed by atoms with van der Waals surface area (Å²) in [4.78, 5) is 37.8. The van der Waals surface area contributed by atoms with Crippen LogP contribution in [0.25, 0.3) is 0 Å². The molecule has 9 nitrogen and oxygen atoms in total. The van der Waals surface area contributed by atoms with E-state index >= 15 is 0 Å². The number of nitrogens with one attached hydrogen (secondary N) is 2. The molecule has 2 aliphatic rings. The van der Waals surface area contributed by atoms with Crippen molar-refractivity contribution in [3.05, 3.63) is 58.9 Å². The van der Waals surface area contributed by atoms with Gasteiger partial charge in [-0.25, -0.2) is 4.98 Å². The molecule has 0 radical (unpaired) electrons. The second-order valence-electron chi connectivity index (χ2n) is 7.33. The van der Waals surface area contributed by atoms with Crippen molar-refractivity contribution in [3.63, 3.8) is 0 Å². The summed E-state index contributed by atoms with van der Waals surface area (Å²) in [7, 11) is 0. The molecule has 0 spiro atoms. The topological polar surface area (TPSA) is 111 Å². The molecule has 0 aliphatic carbocycles. The van der Waals surface area contributed by atoms with Crippen LogP contribution in [0.2, 0.25) is 0 Å². The van der Waals surface area contributed by atoms with Gasteiger partial charge in [-0.15, -0.1) is 11.3 Å². The molecule has 158 valence electrons. The fourth-order valence-electron chi connectivity index (χ4n) is 3.79. The maximum Gasteiger partial charge on any atom is 0.275 e. The number of pyridine rings is 1. The van der Waals surface area contributed by atoms with E-state index in [9.17, 15) is 14.7 Å². The molecule has 1 aromatic carbocycles. The van der Waals surface area contributed by atoms with Crippen molar-refractivity contribution < 1.29 is 14.7 Å². The number of hydrogen-bond acceptors (Lipinski definition) is 8. The Balaban J connectivity index is 1.33. The molecule has 0 bridgehead atoms. The first kappa shape index (κ1) is 19.5. The first-order valence-corrected chi connectivity index (χ1v) is 10.8. The van der Waals surface area contributed by atoms with Gasteiger partial charge in [0.25, 0.3) is 11.8 Å². The lowest BCUT2D eigenvalue weighted by molar-refractivity contribution is 0.0991. The standard InChI is InChI=1S/C21H20N6O3S/c28-14-2-1-13-11-27(20(30)15(13)9-14)21-25-17(12-31-21)19(29)24-16-10-23-4-3-18(16)26-7-5-22-6-8-26/h1-4,9-10,12,22,28H,5-8,11H2,(H,24,29). The molecule has 1 saturated heterocycles. The third-order valence-electron chi connectivity index (χ3n) is 5.36. The molecule has 2 aromatic heterocycles. The van der Waals surface area contributed by atoms with Crippen LogP contribution in [0.3, 0.4) is 0 Å². The van der Waals surface area contributed by atoms with E-state index in [0.717, 1.165) is 37.4 Å². The molecule has 3 N–H and O–H groups in total. The van der Waals surface area contributed by atoms with E-state index in [1.807, 2.05) is 6.07 Å². The van der Waals surface area contributed by atoms with Gasteiger partial charge in [-0.1, -0.05) is 6.07 Å². The van der Waals surface area contributed by atoms with Crippen LogP contribution in [-0.4, -0.2) is 53.1 Å². The fraction of sp³-hybridized carbons (Fsp3) is 0.238. The number of aromatic nitrogens is 2. The Labute approximate surface area is 182 Å².